The Morgan fingerprint density at radius 1 is 1.04 bits per heavy atom. The number of imide groups is 2. The van der Waals surface area contributed by atoms with Gasteiger partial charge in [0.1, 0.15) is 17.9 Å². The topological polar surface area (TPSA) is 84.5 Å². The highest BCUT2D eigenvalue weighted by atomic mass is 79.9. The van der Waals surface area contributed by atoms with Crippen molar-refractivity contribution >= 4 is 67.4 Å². The SMILES string of the molecule is O=C1NC(=O)C(=Cc2cc(Br)cc(Br)c2OCc2ccccc2Cl)C(=O)N1. The number of hydrogen-bond donors (Lipinski definition) is 2. The average Bonchev–Trinajstić information content (AvgIpc) is 2.58. The summed E-state index contributed by atoms with van der Waals surface area (Å²) in [5.74, 6) is -1.14. The fraction of sp³-hybridized carbons (Fsp3) is 0.0556. The number of rotatable bonds is 4. The maximum atomic E-state index is 12.0. The number of urea groups is 1. The van der Waals surface area contributed by atoms with Crippen LogP contribution in [0.2, 0.25) is 5.02 Å². The minimum atomic E-state index is -0.854. The van der Waals surface area contributed by atoms with Crippen molar-refractivity contribution in [3.8, 4) is 5.75 Å². The van der Waals surface area contributed by atoms with E-state index in [0.717, 1.165) is 5.56 Å². The van der Waals surface area contributed by atoms with Crippen molar-refractivity contribution in [1.82, 2.24) is 10.6 Å². The predicted molar refractivity (Wildman–Crippen MR) is 107 cm³/mol. The van der Waals surface area contributed by atoms with Crippen LogP contribution in [0.15, 0.2) is 50.9 Å². The number of amides is 4. The highest BCUT2D eigenvalue weighted by Crippen LogP contribution is 2.35. The Morgan fingerprint density at radius 3 is 2.37 bits per heavy atom. The second kappa shape index (κ2) is 8.24. The molecule has 0 radical (unpaired) electrons. The maximum Gasteiger partial charge on any atom is 0.328 e. The maximum absolute atomic E-state index is 12.0. The minimum Gasteiger partial charge on any atom is -0.487 e. The molecule has 3 rings (SSSR count). The van der Waals surface area contributed by atoms with Crippen molar-refractivity contribution in [3.05, 3.63) is 67.1 Å². The lowest BCUT2D eigenvalue weighted by atomic mass is 10.1. The Balaban J connectivity index is 1.97. The highest BCUT2D eigenvalue weighted by Gasteiger charge is 2.28. The molecule has 6 nitrogen and oxygen atoms in total. The fourth-order valence-electron chi connectivity index (χ4n) is 2.37. The monoisotopic (exact) mass is 512 g/mol. The van der Waals surface area contributed by atoms with Gasteiger partial charge in [-0.1, -0.05) is 45.7 Å². The van der Waals surface area contributed by atoms with Gasteiger partial charge in [0.15, 0.2) is 0 Å². The van der Waals surface area contributed by atoms with Gasteiger partial charge in [-0.05, 0) is 40.2 Å². The summed E-state index contributed by atoms with van der Waals surface area (Å²) in [5, 5.41) is 4.63. The molecule has 0 aliphatic carbocycles. The lowest BCUT2D eigenvalue weighted by Gasteiger charge is -2.16. The van der Waals surface area contributed by atoms with Gasteiger partial charge in [0.25, 0.3) is 11.8 Å². The Hall–Kier alpha value is -2.16. The van der Waals surface area contributed by atoms with E-state index >= 15 is 0 Å². The first kappa shape index (κ1) is 19.6. The molecular formula is C18H11Br2ClN2O4. The normalized spacial score (nSPS) is 13.9. The molecule has 2 aromatic rings. The highest BCUT2D eigenvalue weighted by molar-refractivity contribution is 9.11. The van der Waals surface area contributed by atoms with Crippen molar-refractivity contribution in [2.24, 2.45) is 0 Å². The Labute approximate surface area is 176 Å². The zero-order valence-electron chi connectivity index (χ0n) is 13.5. The fourth-order valence-corrected chi connectivity index (χ4v) is 3.93. The number of carbonyl (C=O) groups is 3. The summed E-state index contributed by atoms with van der Waals surface area (Å²) in [7, 11) is 0. The summed E-state index contributed by atoms with van der Waals surface area (Å²) in [5.41, 5.74) is 1.05. The zero-order chi connectivity index (χ0) is 19.6. The summed E-state index contributed by atoms with van der Waals surface area (Å²) >= 11 is 12.9. The van der Waals surface area contributed by atoms with Gasteiger partial charge in [-0.15, -0.1) is 0 Å². The minimum absolute atomic E-state index is 0.187. The van der Waals surface area contributed by atoms with Gasteiger partial charge in [-0.3, -0.25) is 20.2 Å². The second-order valence-electron chi connectivity index (χ2n) is 5.48. The standard InChI is InChI=1S/C18H11Br2ClN2O4/c19-11-5-10(6-12-16(24)22-18(26)23-17(12)25)15(13(20)7-11)27-8-9-3-1-2-4-14(9)21/h1-7H,8H2,(H2,22,23,24,25,26). The van der Waals surface area contributed by atoms with Crippen molar-refractivity contribution in [2.75, 3.05) is 0 Å². The van der Waals surface area contributed by atoms with Crippen LogP contribution in [0, 0.1) is 0 Å². The molecular weight excluding hydrogens is 503 g/mol. The van der Waals surface area contributed by atoms with Crippen molar-refractivity contribution in [3.63, 3.8) is 0 Å². The lowest BCUT2D eigenvalue weighted by molar-refractivity contribution is -0.123. The van der Waals surface area contributed by atoms with Crippen LogP contribution in [0.1, 0.15) is 11.1 Å². The van der Waals surface area contributed by atoms with Crippen LogP contribution in [-0.2, 0) is 16.2 Å². The molecule has 1 heterocycles. The van der Waals surface area contributed by atoms with Crippen LogP contribution >= 0.6 is 43.5 Å². The van der Waals surface area contributed by atoms with Crippen molar-refractivity contribution in [2.45, 2.75) is 6.61 Å². The van der Waals surface area contributed by atoms with Gasteiger partial charge in [0.2, 0.25) is 0 Å². The number of nitrogens with one attached hydrogen (secondary N) is 2. The Bertz CT molecular complexity index is 969. The molecule has 2 N–H and O–H groups in total. The van der Waals surface area contributed by atoms with E-state index < -0.39 is 17.8 Å². The third kappa shape index (κ3) is 4.58. The number of ether oxygens (including phenoxy) is 1. The van der Waals surface area contributed by atoms with E-state index in [1.54, 1.807) is 18.2 Å². The largest absolute Gasteiger partial charge is 0.487 e. The van der Waals surface area contributed by atoms with Crippen molar-refractivity contribution in [1.29, 1.82) is 0 Å². The number of halogens is 3. The van der Waals surface area contributed by atoms with Crippen LogP contribution in [0.4, 0.5) is 4.79 Å². The van der Waals surface area contributed by atoms with E-state index in [0.29, 0.717) is 25.3 Å². The number of carbonyl (C=O) groups excluding carboxylic acids is 3. The number of barbiturate groups is 1. The van der Waals surface area contributed by atoms with Crippen LogP contribution in [-0.4, -0.2) is 17.8 Å². The van der Waals surface area contributed by atoms with E-state index in [1.165, 1.54) is 6.08 Å². The van der Waals surface area contributed by atoms with Gasteiger partial charge in [0.05, 0.1) is 4.47 Å². The van der Waals surface area contributed by atoms with E-state index in [9.17, 15) is 14.4 Å². The molecule has 0 unspecified atom stereocenters. The first-order valence-electron chi connectivity index (χ1n) is 7.59. The first-order chi connectivity index (χ1) is 12.8. The predicted octanol–water partition coefficient (Wildman–Crippen LogP) is 4.19. The second-order valence-corrected chi connectivity index (χ2v) is 7.66. The van der Waals surface area contributed by atoms with E-state index in [1.807, 2.05) is 28.8 Å². The molecule has 1 saturated heterocycles. The molecule has 1 aliphatic heterocycles. The van der Waals surface area contributed by atoms with Crippen LogP contribution in [0.5, 0.6) is 5.75 Å². The van der Waals surface area contributed by atoms with Gasteiger partial charge in [-0.25, -0.2) is 4.79 Å². The molecule has 27 heavy (non-hydrogen) atoms. The molecule has 0 saturated carbocycles. The van der Waals surface area contributed by atoms with Crippen LogP contribution < -0.4 is 15.4 Å². The molecule has 2 aromatic carbocycles. The Morgan fingerprint density at radius 2 is 1.70 bits per heavy atom. The Kier molecular flexibility index (Phi) is 5.98. The average molecular weight is 515 g/mol. The molecule has 0 spiro atoms. The third-order valence-corrected chi connectivity index (χ3v) is 5.03. The summed E-state index contributed by atoms with van der Waals surface area (Å²) in [4.78, 5) is 35.2. The van der Waals surface area contributed by atoms with Crippen LogP contribution in [0.3, 0.4) is 0 Å². The number of benzene rings is 2. The van der Waals surface area contributed by atoms with Crippen molar-refractivity contribution < 1.29 is 19.1 Å². The molecule has 0 atom stereocenters. The smallest absolute Gasteiger partial charge is 0.328 e. The molecule has 1 fully saturated rings. The van der Waals surface area contributed by atoms with Gasteiger partial charge in [-0.2, -0.15) is 0 Å². The lowest BCUT2D eigenvalue weighted by Crippen LogP contribution is -2.51. The number of hydrogen-bond acceptors (Lipinski definition) is 4. The third-order valence-electron chi connectivity index (χ3n) is 3.61. The van der Waals surface area contributed by atoms with Gasteiger partial charge < -0.3 is 4.74 Å². The van der Waals surface area contributed by atoms with Gasteiger partial charge in [0, 0.05) is 20.6 Å². The summed E-state index contributed by atoms with van der Waals surface area (Å²) in [6, 6.07) is 9.86. The first-order valence-corrected chi connectivity index (χ1v) is 9.55. The van der Waals surface area contributed by atoms with Gasteiger partial charge >= 0.3 is 6.03 Å². The van der Waals surface area contributed by atoms with E-state index in [2.05, 4.69) is 31.9 Å². The molecule has 9 heteroatoms. The quantitative estimate of drug-likeness (QED) is 0.473. The molecule has 0 aromatic heterocycles. The van der Waals surface area contributed by atoms with Crippen LogP contribution in [0.25, 0.3) is 6.08 Å². The zero-order valence-corrected chi connectivity index (χ0v) is 17.4. The van der Waals surface area contributed by atoms with E-state index in [-0.39, 0.29) is 12.2 Å². The molecule has 4 amide bonds. The summed E-state index contributed by atoms with van der Waals surface area (Å²) < 4.78 is 7.22. The summed E-state index contributed by atoms with van der Waals surface area (Å²) in [6.45, 7) is 0.187. The molecule has 1 aliphatic rings. The van der Waals surface area contributed by atoms with E-state index in [4.69, 9.17) is 16.3 Å². The molecule has 138 valence electrons. The summed E-state index contributed by atoms with van der Waals surface area (Å²) in [6.07, 6.45) is 1.36. The molecule has 0 bridgehead atoms.